The molecule has 0 heterocycles. The average molecular weight is 376 g/mol. The van der Waals surface area contributed by atoms with E-state index in [1.165, 1.54) is 12.1 Å². The van der Waals surface area contributed by atoms with E-state index in [9.17, 15) is 4.39 Å². The van der Waals surface area contributed by atoms with Crippen LogP contribution in [0.1, 0.15) is 11.1 Å². The third-order valence-corrected chi connectivity index (χ3v) is 4.46. The molecule has 4 heteroatoms. The van der Waals surface area contributed by atoms with E-state index in [1.807, 2.05) is 18.2 Å². The van der Waals surface area contributed by atoms with Gasteiger partial charge in [-0.05, 0) is 54.2 Å². The first-order chi connectivity index (χ1) is 9.58. The van der Waals surface area contributed by atoms with Gasteiger partial charge in [0, 0.05) is 15.4 Å². The molecule has 2 rings (SSSR count). The minimum Gasteiger partial charge on any atom is -0.207 e. The van der Waals surface area contributed by atoms with E-state index in [2.05, 4.69) is 15.9 Å². The Labute approximate surface area is 137 Å². The van der Waals surface area contributed by atoms with Crippen LogP contribution in [0.2, 0.25) is 5.02 Å². The maximum atomic E-state index is 12.9. The van der Waals surface area contributed by atoms with Gasteiger partial charge in [-0.3, -0.25) is 0 Å². The third-order valence-electron chi connectivity index (χ3n) is 3.18. The van der Waals surface area contributed by atoms with Crippen molar-refractivity contribution in [2.24, 2.45) is 5.92 Å². The van der Waals surface area contributed by atoms with E-state index in [0.29, 0.717) is 5.88 Å². The van der Waals surface area contributed by atoms with Crippen molar-refractivity contribution in [2.75, 3.05) is 5.88 Å². The van der Waals surface area contributed by atoms with Gasteiger partial charge in [0.05, 0.1) is 0 Å². The van der Waals surface area contributed by atoms with Crippen molar-refractivity contribution in [1.82, 2.24) is 0 Å². The molecular weight excluding hydrogens is 362 g/mol. The van der Waals surface area contributed by atoms with Crippen LogP contribution in [0.5, 0.6) is 0 Å². The van der Waals surface area contributed by atoms with Crippen molar-refractivity contribution < 1.29 is 4.39 Å². The standard InChI is InChI=1S/C16H14BrCl2F/c17-14-4-3-13(16(19)9-14)8-12(10-18)7-11-1-5-15(20)6-2-11/h1-6,9,12H,7-8,10H2. The minimum absolute atomic E-state index is 0.216. The summed E-state index contributed by atoms with van der Waals surface area (Å²) in [6.07, 6.45) is 1.63. The summed E-state index contributed by atoms with van der Waals surface area (Å²) in [4.78, 5) is 0. The Kier molecular flexibility index (Phi) is 5.88. The molecule has 0 spiro atoms. The maximum Gasteiger partial charge on any atom is 0.123 e. The van der Waals surface area contributed by atoms with Gasteiger partial charge in [-0.25, -0.2) is 4.39 Å². The van der Waals surface area contributed by atoms with E-state index in [-0.39, 0.29) is 11.7 Å². The molecule has 0 nitrogen and oxygen atoms in total. The molecule has 2 aromatic carbocycles. The molecule has 0 radical (unpaired) electrons. The summed E-state index contributed by atoms with van der Waals surface area (Å²) in [6, 6.07) is 12.4. The first-order valence-corrected chi connectivity index (χ1v) is 8.03. The summed E-state index contributed by atoms with van der Waals surface area (Å²) in [6.45, 7) is 0. The molecule has 1 unspecified atom stereocenters. The van der Waals surface area contributed by atoms with Crippen molar-refractivity contribution in [3.8, 4) is 0 Å². The lowest BCUT2D eigenvalue weighted by molar-refractivity contribution is 0.581. The van der Waals surface area contributed by atoms with Gasteiger partial charge in [-0.15, -0.1) is 11.6 Å². The van der Waals surface area contributed by atoms with Gasteiger partial charge in [-0.1, -0.05) is 45.7 Å². The van der Waals surface area contributed by atoms with Gasteiger partial charge < -0.3 is 0 Å². The summed E-state index contributed by atoms with van der Waals surface area (Å²) in [5.41, 5.74) is 2.17. The first kappa shape index (κ1) is 15.8. The van der Waals surface area contributed by atoms with E-state index < -0.39 is 0 Å². The Morgan fingerprint density at radius 1 is 1.05 bits per heavy atom. The normalized spacial score (nSPS) is 12.4. The van der Waals surface area contributed by atoms with Crippen LogP contribution >= 0.6 is 39.1 Å². The second-order valence-electron chi connectivity index (χ2n) is 4.79. The van der Waals surface area contributed by atoms with Crippen molar-refractivity contribution in [1.29, 1.82) is 0 Å². The molecule has 0 bridgehead atoms. The Morgan fingerprint density at radius 2 is 1.75 bits per heavy atom. The molecule has 0 aliphatic rings. The van der Waals surface area contributed by atoms with Crippen molar-refractivity contribution in [3.05, 3.63) is 68.9 Å². The quantitative estimate of drug-likeness (QED) is 0.572. The highest BCUT2D eigenvalue weighted by atomic mass is 79.9. The molecule has 0 aliphatic carbocycles. The summed E-state index contributed by atoms with van der Waals surface area (Å²) in [5.74, 6) is 0.608. The van der Waals surface area contributed by atoms with Gasteiger partial charge in [0.15, 0.2) is 0 Å². The van der Waals surface area contributed by atoms with Gasteiger partial charge in [0.1, 0.15) is 5.82 Å². The zero-order valence-electron chi connectivity index (χ0n) is 10.8. The number of alkyl halides is 1. The van der Waals surface area contributed by atoms with E-state index >= 15 is 0 Å². The molecule has 1 atom stereocenters. The number of benzene rings is 2. The van der Waals surface area contributed by atoms with Crippen LogP contribution in [0.4, 0.5) is 4.39 Å². The molecule has 0 N–H and O–H groups in total. The van der Waals surface area contributed by atoms with Crippen LogP contribution in [0.3, 0.4) is 0 Å². The molecule has 0 aromatic heterocycles. The monoisotopic (exact) mass is 374 g/mol. The van der Waals surface area contributed by atoms with Crippen LogP contribution in [0, 0.1) is 11.7 Å². The Bertz CT molecular complexity index is 569. The second-order valence-corrected chi connectivity index (χ2v) is 6.42. The fourth-order valence-electron chi connectivity index (χ4n) is 2.13. The number of hydrogen-bond acceptors (Lipinski definition) is 0. The minimum atomic E-state index is -0.216. The van der Waals surface area contributed by atoms with Crippen LogP contribution in [0.25, 0.3) is 0 Å². The van der Waals surface area contributed by atoms with Crippen LogP contribution in [-0.2, 0) is 12.8 Å². The highest BCUT2D eigenvalue weighted by Crippen LogP contribution is 2.25. The van der Waals surface area contributed by atoms with Gasteiger partial charge >= 0.3 is 0 Å². The predicted octanol–water partition coefficient (Wildman–Crippen LogP) is 5.88. The van der Waals surface area contributed by atoms with Crippen molar-refractivity contribution in [3.63, 3.8) is 0 Å². The third kappa shape index (κ3) is 4.47. The zero-order chi connectivity index (χ0) is 14.5. The number of hydrogen-bond donors (Lipinski definition) is 0. The molecule has 0 saturated carbocycles. The predicted molar refractivity (Wildman–Crippen MR) is 87.2 cm³/mol. The molecule has 0 aliphatic heterocycles. The molecule has 2 aromatic rings. The van der Waals surface area contributed by atoms with Crippen LogP contribution < -0.4 is 0 Å². The van der Waals surface area contributed by atoms with Gasteiger partial charge in [0.2, 0.25) is 0 Å². The molecule has 0 fully saturated rings. The largest absolute Gasteiger partial charge is 0.207 e. The van der Waals surface area contributed by atoms with Gasteiger partial charge in [-0.2, -0.15) is 0 Å². The summed E-state index contributed by atoms with van der Waals surface area (Å²) < 4.78 is 13.9. The zero-order valence-corrected chi connectivity index (χ0v) is 13.8. The van der Waals surface area contributed by atoms with E-state index in [0.717, 1.165) is 33.5 Å². The summed E-state index contributed by atoms with van der Waals surface area (Å²) >= 11 is 15.7. The van der Waals surface area contributed by atoms with Crippen LogP contribution in [0.15, 0.2) is 46.9 Å². The smallest absolute Gasteiger partial charge is 0.123 e. The Balaban J connectivity index is 2.07. The van der Waals surface area contributed by atoms with Crippen molar-refractivity contribution in [2.45, 2.75) is 12.8 Å². The fraction of sp³-hybridized carbons (Fsp3) is 0.250. The first-order valence-electron chi connectivity index (χ1n) is 6.33. The van der Waals surface area contributed by atoms with E-state index in [1.54, 1.807) is 12.1 Å². The van der Waals surface area contributed by atoms with Gasteiger partial charge in [0.25, 0.3) is 0 Å². The maximum absolute atomic E-state index is 12.9. The highest BCUT2D eigenvalue weighted by Gasteiger charge is 2.12. The highest BCUT2D eigenvalue weighted by molar-refractivity contribution is 9.10. The average Bonchev–Trinajstić information content (AvgIpc) is 2.43. The molecule has 0 saturated heterocycles. The molecule has 0 amide bonds. The topological polar surface area (TPSA) is 0 Å². The lowest BCUT2D eigenvalue weighted by atomic mass is 9.94. The Morgan fingerprint density at radius 3 is 2.35 bits per heavy atom. The number of rotatable bonds is 5. The lowest BCUT2D eigenvalue weighted by Gasteiger charge is -2.15. The summed E-state index contributed by atoms with van der Waals surface area (Å²) in [7, 11) is 0. The molecular formula is C16H14BrCl2F. The fourth-order valence-corrected chi connectivity index (χ4v) is 3.10. The Hall–Kier alpha value is -0.570. The summed E-state index contributed by atoms with van der Waals surface area (Å²) in [5, 5.41) is 0.744. The van der Waals surface area contributed by atoms with Crippen LogP contribution in [-0.4, -0.2) is 5.88 Å². The molecule has 106 valence electrons. The number of halogens is 4. The van der Waals surface area contributed by atoms with E-state index in [4.69, 9.17) is 23.2 Å². The molecule has 20 heavy (non-hydrogen) atoms. The second kappa shape index (κ2) is 7.44. The SMILES string of the molecule is Fc1ccc(CC(CCl)Cc2ccc(Br)cc2Cl)cc1. The lowest BCUT2D eigenvalue weighted by Crippen LogP contribution is -2.10. The van der Waals surface area contributed by atoms with Crippen molar-refractivity contribution >= 4 is 39.1 Å².